The first-order valence-corrected chi connectivity index (χ1v) is 11.4. The highest BCUT2D eigenvalue weighted by molar-refractivity contribution is 7.99. The molecule has 8 nitrogen and oxygen atoms in total. The molecule has 0 aliphatic heterocycles. The van der Waals surface area contributed by atoms with Gasteiger partial charge in [0.25, 0.3) is 5.91 Å². The van der Waals surface area contributed by atoms with E-state index < -0.39 is 11.8 Å². The Bertz CT molecular complexity index is 1100. The summed E-state index contributed by atoms with van der Waals surface area (Å²) >= 11 is 13.2. The average molecular weight is 493 g/mol. The van der Waals surface area contributed by atoms with Crippen LogP contribution in [0.3, 0.4) is 0 Å². The number of halogens is 2. The number of amides is 2. The summed E-state index contributed by atoms with van der Waals surface area (Å²) in [6.07, 6.45) is 0. The number of benzene rings is 2. The molecule has 0 saturated carbocycles. The standard InChI is InChI=1S/C21H22Cl2N6O2S/c1-13(28(2)3)19-25-27-21(29(19)15-10-8-14(22)9-11-15)32-12-18(30)24-26-20(31)16-6-4-5-7-17(16)23/h4-11,13H,12H2,1-3H3,(H,24,30)(H,26,31). The number of thioether (sulfide) groups is 1. The summed E-state index contributed by atoms with van der Waals surface area (Å²) in [6.45, 7) is 2.02. The summed E-state index contributed by atoms with van der Waals surface area (Å²) < 4.78 is 1.89. The van der Waals surface area contributed by atoms with E-state index in [1.54, 1.807) is 36.4 Å². The van der Waals surface area contributed by atoms with Gasteiger partial charge in [0.1, 0.15) is 0 Å². The molecular weight excluding hydrogens is 471 g/mol. The van der Waals surface area contributed by atoms with Gasteiger partial charge in [0, 0.05) is 10.7 Å². The molecule has 1 aromatic heterocycles. The number of nitrogens with one attached hydrogen (secondary N) is 2. The third-order valence-electron chi connectivity index (χ3n) is 4.66. The molecule has 3 aromatic rings. The number of hydrogen-bond acceptors (Lipinski definition) is 6. The van der Waals surface area contributed by atoms with Crippen molar-refractivity contribution in [3.63, 3.8) is 0 Å². The van der Waals surface area contributed by atoms with E-state index >= 15 is 0 Å². The van der Waals surface area contributed by atoms with E-state index in [0.717, 1.165) is 11.5 Å². The molecule has 1 heterocycles. The highest BCUT2D eigenvalue weighted by atomic mass is 35.5. The number of carbonyl (C=O) groups excluding carboxylic acids is 2. The first-order valence-electron chi connectivity index (χ1n) is 9.62. The number of aromatic nitrogens is 3. The van der Waals surface area contributed by atoms with Crippen molar-refractivity contribution in [1.29, 1.82) is 0 Å². The lowest BCUT2D eigenvalue weighted by atomic mass is 10.2. The van der Waals surface area contributed by atoms with Crippen molar-refractivity contribution in [1.82, 2.24) is 30.5 Å². The zero-order valence-corrected chi connectivity index (χ0v) is 20.0. The van der Waals surface area contributed by atoms with Crippen molar-refractivity contribution in [2.45, 2.75) is 18.1 Å². The van der Waals surface area contributed by atoms with Gasteiger partial charge in [-0.15, -0.1) is 10.2 Å². The predicted molar refractivity (Wildman–Crippen MR) is 126 cm³/mol. The highest BCUT2D eigenvalue weighted by Gasteiger charge is 2.21. The molecule has 11 heteroatoms. The van der Waals surface area contributed by atoms with Crippen LogP contribution in [-0.2, 0) is 4.79 Å². The van der Waals surface area contributed by atoms with Crippen LogP contribution in [0.25, 0.3) is 5.69 Å². The molecule has 2 N–H and O–H groups in total. The molecule has 2 amide bonds. The van der Waals surface area contributed by atoms with Gasteiger partial charge in [0.15, 0.2) is 11.0 Å². The monoisotopic (exact) mass is 492 g/mol. The van der Waals surface area contributed by atoms with Crippen LogP contribution in [0.5, 0.6) is 0 Å². The summed E-state index contributed by atoms with van der Waals surface area (Å²) in [6, 6.07) is 13.9. The van der Waals surface area contributed by atoms with Crippen LogP contribution in [0.4, 0.5) is 0 Å². The maximum Gasteiger partial charge on any atom is 0.271 e. The van der Waals surface area contributed by atoms with Gasteiger partial charge < -0.3 is 0 Å². The van der Waals surface area contributed by atoms with Crippen LogP contribution in [0.15, 0.2) is 53.7 Å². The molecule has 1 unspecified atom stereocenters. The summed E-state index contributed by atoms with van der Waals surface area (Å²) in [5, 5.41) is 10.1. The molecule has 0 aliphatic rings. The topological polar surface area (TPSA) is 92.1 Å². The molecule has 0 spiro atoms. The molecule has 0 radical (unpaired) electrons. The third-order valence-corrected chi connectivity index (χ3v) is 6.17. The van der Waals surface area contributed by atoms with Gasteiger partial charge >= 0.3 is 0 Å². The zero-order valence-electron chi connectivity index (χ0n) is 17.7. The Kier molecular flexibility index (Phi) is 8.14. The second-order valence-corrected chi connectivity index (χ2v) is 8.85. The lowest BCUT2D eigenvalue weighted by molar-refractivity contribution is -0.119. The molecule has 168 valence electrons. The summed E-state index contributed by atoms with van der Waals surface area (Å²) in [5.74, 6) is -0.152. The smallest absolute Gasteiger partial charge is 0.271 e. The SMILES string of the molecule is CC(c1nnc(SCC(=O)NNC(=O)c2ccccc2Cl)n1-c1ccc(Cl)cc1)N(C)C. The first-order chi connectivity index (χ1) is 15.3. The van der Waals surface area contributed by atoms with Crippen LogP contribution in [0.1, 0.15) is 29.1 Å². The van der Waals surface area contributed by atoms with Crippen LogP contribution in [-0.4, -0.2) is 51.3 Å². The van der Waals surface area contributed by atoms with Crippen molar-refractivity contribution in [2.24, 2.45) is 0 Å². The van der Waals surface area contributed by atoms with Crippen LogP contribution in [0.2, 0.25) is 10.0 Å². The maximum atomic E-state index is 12.3. The Hall–Kier alpha value is -2.59. The molecule has 1 atom stereocenters. The molecule has 0 bridgehead atoms. The maximum absolute atomic E-state index is 12.3. The van der Waals surface area contributed by atoms with Gasteiger partial charge in [-0.05, 0) is 57.4 Å². The average Bonchev–Trinajstić information content (AvgIpc) is 3.20. The second-order valence-electron chi connectivity index (χ2n) is 7.06. The summed E-state index contributed by atoms with van der Waals surface area (Å²) in [4.78, 5) is 26.5. The predicted octanol–water partition coefficient (Wildman–Crippen LogP) is 3.75. The van der Waals surface area contributed by atoms with Gasteiger partial charge in [0.05, 0.1) is 22.4 Å². The molecule has 0 aliphatic carbocycles. The Morgan fingerprint density at radius 2 is 1.75 bits per heavy atom. The fraction of sp³-hybridized carbons (Fsp3) is 0.238. The van der Waals surface area contributed by atoms with Crippen molar-refractivity contribution in [2.75, 3.05) is 19.8 Å². The molecule has 0 fully saturated rings. The van der Waals surface area contributed by atoms with E-state index in [1.807, 2.05) is 42.6 Å². The van der Waals surface area contributed by atoms with Crippen LogP contribution < -0.4 is 10.9 Å². The third kappa shape index (κ3) is 5.80. The quantitative estimate of drug-likeness (QED) is 0.385. The van der Waals surface area contributed by atoms with Gasteiger partial charge in [-0.1, -0.05) is 47.1 Å². The van der Waals surface area contributed by atoms with Crippen molar-refractivity contribution < 1.29 is 9.59 Å². The molecular formula is C21H22Cl2N6O2S. The van der Waals surface area contributed by atoms with Crippen molar-refractivity contribution in [3.8, 4) is 5.69 Å². The highest BCUT2D eigenvalue weighted by Crippen LogP contribution is 2.27. The lowest BCUT2D eigenvalue weighted by Gasteiger charge is -2.20. The fourth-order valence-corrected chi connectivity index (χ4v) is 3.82. The van der Waals surface area contributed by atoms with Gasteiger partial charge in [-0.2, -0.15) is 0 Å². The van der Waals surface area contributed by atoms with Crippen LogP contribution >= 0.6 is 35.0 Å². The molecule has 32 heavy (non-hydrogen) atoms. The van der Waals surface area contributed by atoms with E-state index in [0.29, 0.717) is 15.2 Å². The normalized spacial score (nSPS) is 11.9. The van der Waals surface area contributed by atoms with E-state index in [2.05, 4.69) is 21.0 Å². The molecule has 3 rings (SSSR count). The number of hydrazine groups is 1. The molecule has 2 aromatic carbocycles. The number of hydrogen-bond donors (Lipinski definition) is 2. The Labute approximate surface area is 200 Å². The first kappa shape index (κ1) is 24.1. The van der Waals surface area contributed by atoms with E-state index in [9.17, 15) is 9.59 Å². The largest absolute Gasteiger partial charge is 0.300 e. The van der Waals surface area contributed by atoms with Gasteiger partial charge in [-0.25, -0.2) is 0 Å². The Morgan fingerprint density at radius 1 is 1.06 bits per heavy atom. The van der Waals surface area contributed by atoms with Crippen LogP contribution in [0, 0.1) is 0 Å². The van der Waals surface area contributed by atoms with E-state index in [1.165, 1.54) is 11.8 Å². The fourth-order valence-electron chi connectivity index (χ4n) is 2.71. The Balaban J connectivity index is 1.70. The summed E-state index contributed by atoms with van der Waals surface area (Å²) in [7, 11) is 3.90. The minimum atomic E-state index is -0.500. The molecule has 0 saturated heterocycles. The second kappa shape index (κ2) is 10.8. The number of rotatable bonds is 7. The number of carbonyl (C=O) groups is 2. The Morgan fingerprint density at radius 3 is 2.41 bits per heavy atom. The minimum absolute atomic E-state index is 0.0173. The number of nitrogens with zero attached hydrogens (tertiary/aromatic N) is 4. The van der Waals surface area contributed by atoms with Gasteiger partial charge in [-0.3, -0.25) is 29.9 Å². The van der Waals surface area contributed by atoms with Gasteiger partial charge in [0.2, 0.25) is 5.91 Å². The van der Waals surface area contributed by atoms with E-state index in [-0.39, 0.29) is 17.4 Å². The minimum Gasteiger partial charge on any atom is -0.300 e. The lowest BCUT2D eigenvalue weighted by Crippen LogP contribution is -2.42. The van der Waals surface area contributed by atoms with Crippen molar-refractivity contribution in [3.05, 3.63) is 70.0 Å². The van der Waals surface area contributed by atoms with E-state index in [4.69, 9.17) is 23.2 Å². The van der Waals surface area contributed by atoms with Crippen molar-refractivity contribution >= 4 is 46.8 Å². The zero-order chi connectivity index (χ0) is 23.3. The summed E-state index contributed by atoms with van der Waals surface area (Å²) in [5.41, 5.74) is 5.86.